The summed E-state index contributed by atoms with van der Waals surface area (Å²) in [5.74, 6) is 1.82. The van der Waals surface area contributed by atoms with Crippen LogP contribution in [0.3, 0.4) is 0 Å². The Labute approximate surface area is 185 Å². The zero-order chi connectivity index (χ0) is 21.3. The Morgan fingerprint density at radius 1 is 0.900 bits per heavy atom. The highest BCUT2D eigenvalue weighted by atomic mass is 79.9. The Morgan fingerprint density at radius 2 is 1.53 bits per heavy atom. The monoisotopic (exact) mass is 469 g/mol. The molecule has 30 heavy (non-hydrogen) atoms. The Kier molecular flexibility index (Phi) is 7.74. The molecule has 0 saturated heterocycles. The Bertz CT molecular complexity index is 959. The lowest BCUT2D eigenvalue weighted by Crippen LogP contribution is -2.16. The minimum atomic E-state index is -0.239. The summed E-state index contributed by atoms with van der Waals surface area (Å²) >= 11 is 3.41. The van der Waals surface area contributed by atoms with Crippen molar-refractivity contribution in [2.75, 3.05) is 18.5 Å². The smallest absolute Gasteiger partial charge is 0.259 e. The number of anilines is 1. The van der Waals surface area contributed by atoms with Gasteiger partial charge in [0.25, 0.3) is 5.91 Å². The maximum absolute atomic E-state index is 12.7. The molecule has 0 saturated carbocycles. The summed E-state index contributed by atoms with van der Waals surface area (Å²) in [6.45, 7) is 4.72. The maximum atomic E-state index is 12.7. The van der Waals surface area contributed by atoms with E-state index in [-0.39, 0.29) is 12.0 Å². The van der Waals surface area contributed by atoms with Crippen molar-refractivity contribution >= 4 is 27.5 Å². The highest BCUT2D eigenvalue weighted by Crippen LogP contribution is 2.26. The molecule has 0 aliphatic carbocycles. The Morgan fingerprint density at radius 3 is 2.17 bits per heavy atom. The van der Waals surface area contributed by atoms with Gasteiger partial charge < -0.3 is 19.5 Å². The van der Waals surface area contributed by atoms with Gasteiger partial charge in [0, 0.05) is 10.2 Å². The Balaban J connectivity index is 1.54. The lowest BCUT2D eigenvalue weighted by atomic mass is 10.1. The second-order valence-corrected chi connectivity index (χ2v) is 7.71. The molecule has 0 spiro atoms. The number of rotatable bonds is 9. The van der Waals surface area contributed by atoms with E-state index in [9.17, 15) is 4.79 Å². The first-order valence-corrected chi connectivity index (χ1v) is 10.5. The van der Waals surface area contributed by atoms with Gasteiger partial charge in [-0.3, -0.25) is 4.79 Å². The van der Waals surface area contributed by atoms with Crippen molar-refractivity contribution in [3.8, 4) is 17.2 Å². The number of benzene rings is 3. The first kappa shape index (κ1) is 21.7. The highest BCUT2D eigenvalue weighted by molar-refractivity contribution is 9.10. The van der Waals surface area contributed by atoms with E-state index in [0.29, 0.717) is 36.0 Å². The van der Waals surface area contributed by atoms with Crippen LogP contribution in [0.4, 0.5) is 5.69 Å². The molecule has 3 aromatic carbocycles. The average molecular weight is 470 g/mol. The van der Waals surface area contributed by atoms with Crippen LogP contribution in [-0.2, 0) is 0 Å². The first-order chi connectivity index (χ1) is 14.5. The molecule has 0 aromatic heterocycles. The van der Waals surface area contributed by atoms with E-state index in [0.717, 1.165) is 10.2 Å². The van der Waals surface area contributed by atoms with Crippen LogP contribution in [0.5, 0.6) is 17.2 Å². The summed E-state index contributed by atoms with van der Waals surface area (Å²) in [7, 11) is 0. The fourth-order valence-electron chi connectivity index (χ4n) is 2.71. The van der Waals surface area contributed by atoms with Crippen LogP contribution in [0, 0.1) is 0 Å². The standard InChI is InChI=1S/C24H24BrNO4/c1-17(2)30-23-13-8-18(25)16-22(23)24(27)26-19-9-11-21(12-10-19)29-15-14-28-20-6-4-3-5-7-20/h3-13,16-17H,14-15H2,1-2H3,(H,26,27). The van der Waals surface area contributed by atoms with Gasteiger partial charge in [-0.2, -0.15) is 0 Å². The van der Waals surface area contributed by atoms with Crippen LogP contribution >= 0.6 is 15.9 Å². The van der Waals surface area contributed by atoms with Gasteiger partial charge in [-0.25, -0.2) is 0 Å². The van der Waals surface area contributed by atoms with Crippen LogP contribution in [-0.4, -0.2) is 25.2 Å². The lowest BCUT2D eigenvalue weighted by Gasteiger charge is -2.15. The molecule has 156 valence electrons. The number of hydrogen-bond acceptors (Lipinski definition) is 4. The van der Waals surface area contributed by atoms with Gasteiger partial charge in [0.15, 0.2) is 0 Å². The quantitative estimate of drug-likeness (QED) is 0.393. The molecule has 0 radical (unpaired) electrons. The summed E-state index contributed by atoms with van der Waals surface area (Å²) in [5.41, 5.74) is 1.14. The van der Waals surface area contributed by atoms with Crippen molar-refractivity contribution in [3.63, 3.8) is 0 Å². The molecule has 1 N–H and O–H groups in total. The fourth-order valence-corrected chi connectivity index (χ4v) is 3.07. The molecular formula is C24H24BrNO4. The van der Waals surface area contributed by atoms with E-state index < -0.39 is 0 Å². The molecule has 0 fully saturated rings. The fraction of sp³-hybridized carbons (Fsp3) is 0.208. The minimum Gasteiger partial charge on any atom is -0.490 e. The molecule has 0 heterocycles. The van der Waals surface area contributed by atoms with Gasteiger partial charge in [-0.05, 0) is 68.4 Å². The maximum Gasteiger partial charge on any atom is 0.259 e. The van der Waals surface area contributed by atoms with Crippen molar-refractivity contribution in [3.05, 3.63) is 82.8 Å². The lowest BCUT2D eigenvalue weighted by molar-refractivity contribution is 0.102. The van der Waals surface area contributed by atoms with E-state index in [1.807, 2.05) is 62.4 Å². The summed E-state index contributed by atoms with van der Waals surface area (Å²) < 4.78 is 17.9. The third kappa shape index (κ3) is 6.52. The predicted molar refractivity (Wildman–Crippen MR) is 122 cm³/mol. The number of carbonyl (C=O) groups is 1. The normalized spacial score (nSPS) is 10.5. The average Bonchev–Trinajstić information content (AvgIpc) is 2.74. The third-order valence-corrected chi connectivity index (χ3v) is 4.52. The molecule has 0 atom stereocenters. The molecule has 0 aliphatic heterocycles. The number of para-hydroxylation sites is 1. The second kappa shape index (κ2) is 10.7. The third-order valence-electron chi connectivity index (χ3n) is 4.03. The van der Waals surface area contributed by atoms with Crippen molar-refractivity contribution in [1.82, 2.24) is 0 Å². The molecule has 3 aromatic rings. The van der Waals surface area contributed by atoms with Crippen LogP contribution in [0.25, 0.3) is 0 Å². The SMILES string of the molecule is CC(C)Oc1ccc(Br)cc1C(=O)Nc1ccc(OCCOc2ccccc2)cc1. The van der Waals surface area contributed by atoms with Gasteiger partial charge >= 0.3 is 0 Å². The molecule has 5 nitrogen and oxygen atoms in total. The summed E-state index contributed by atoms with van der Waals surface area (Å²) in [5, 5.41) is 2.90. The van der Waals surface area contributed by atoms with Gasteiger partial charge in [-0.15, -0.1) is 0 Å². The van der Waals surface area contributed by atoms with Crippen molar-refractivity contribution < 1.29 is 19.0 Å². The summed E-state index contributed by atoms with van der Waals surface area (Å²) in [6.07, 6.45) is -0.0278. The molecule has 0 aliphatic rings. The summed E-state index contributed by atoms with van der Waals surface area (Å²) in [4.78, 5) is 12.7. The molecule has 0 unspecified atom stereocenters. The van der Waals surface area contributed by atoms with Crippen molar-refractivity contribution in [2.24, 2.45) is 0 Å². The number of hydrogen-bond donors (Lipinski definition) is 1. The number of carbonyl (C=O) groups excluding carboxylic acids is 1. The van der Waals surface area contributed by atoms with Crippen molar-refractivity contribution in [2.45, 2.75) is 20.0 Å². The molecule has 0 bridgehead atoms. The minimum absolute atomic E-state index is 0.0278. The Hall–Kier alpha value is -2.99. The number of nitrogens with one attached hydrogen (secondary N) is 1. The molecule has 6 heteroatoms. The number of halogens is 1. The number of ether oxygens (including phenoxy) is 3. The number of amides is 1. The van der Waals surface area contributed by atoms with E-state index in [2.05, 4.69) is 21.2 Å². The van der Waals surface area contributed by atoms with Gasteiger partial charge in [0.1, 0.15) is 30.5 Å². The first-order valence-electron chi connectivity index (χ1n) is 9.69. The van der Waals surface area contributed by atoms with E-state index >= 15 is 0 Å². The van der Waals surface area contributed by atoms with Crippen LogP contribution in [0.1, 0.15) is 24.2 Å². The summed E-state index contributed by atoms with van der Waals surface area (Å²) in [6, 6.07) is 22.2. The second-order valence-electron chi connectivity index (χ2n) is 6.80. The van der Waals surface area contributed by atoms with Gasteiger partial charge in [0.05, 0.1) is 11.7 Å². The molecule has 3 rings (SSSR count). The van der Waals surface area contributed by atoms with E-state index in [1.54, 1.807) is 24.3 Å². The molecule has 1 amide bonds. The predicted octanol–water partition coefficient (Wildman–Crippen LogP) is 5.95. The topological polar surface area (TPSA) is 56.8 Å². The largest absolute Gasteiger partial charge is 0.490 e. The molecular weight excluding hydrogens is 446 g/mol. The van der Waals surface area contributed by atoms with Crippen molar-refractivity contribution in [1.29, 1.82) is 0 Å². The van der Waals surface area contributed by atoms with Gasteiger partial charge in [0.2, 0.25) is 0 Å². The zero-order valence-electron chi connectivity index (χ0n) is 16.9. The van der Waals surface area contributed by atoms with E-state index in [1.165, 1.54) is 0 Å². The van der Waals surface area contributed by atoms with Crippen LogP contribution in [0.15, 0.2) is 77.3 Å². The van der Waals surface area contributed by atoms with E-state index in [4.69, 9.17) is 14.2 Å². The zero-order valence-corrected chi connectivity index (χ0v) is 18.5. The van der Waals surface area contributed by atoms with Crippen LogP contribution < -0.4 is 19.5 Å². The highest BCUT2D eigenvalue weighted by Gasteiger charge is 2.15. The van der Waals surface area contributed by atoms with Crippen LogP contribution in [0.2, 0.25) is 0 Å². The van der Waals surface area contributed by atoms with Gasteiger partial charge in [-0.1, -0.05) is 34.1 Å².